The maximum atomic E-state index is 11.9. The van der Waals surface area contributed by atoms with Crippen LogP contribution < -0.4 is 10.4 Å². The normalized spacial score (nSPS) is 13.9. The van der Waals surface area contributed by atoms with Gasteiger partial charge in [0, 0.05) is 12.2 Å². The maximum Gasteiger partial charge on any atom is 0.330 e. The lowest BCUT2D eigenvalue weighted by Crippen LogP contribution is -2.67. The highest BCUT2D eigenvalue weighted by atomic mass is 28.4. The van der Waals surface area contributed by atoms with Crippen molar-refractivity contribution in [2.24, 2.45) is 0 Å². The molecular weight excluding hydrogens is 400 g/mol. The zero-order valence-electron chi connectivity index (χ0n) is 20.1. The average molecular weight is 439 g/mol. The van der Waals surface area contributed by atoms with E-state index in [9.17, 15) is 4.79 Å². The van der Waals surface area contributed by atoms with E-state index in [1.54, 1.807) is 0 Å². The molecule has 2 aromatic carbocycles. The van der Waals surface area contributed by atoms with E-state index in [1.807, 2.05) is 26.8 Å². The first-order valence-electron chi connectivity index (χ1n) is 11.1. The van der Waals surface area contributed by atoms with Crippen LogP contribution in [0.3, 0.4) is 0 Å². The van der Waals surface area contributed by atoms with Crippen LogP contribution in [0.2, 0.25) is 5.04 Å². The molecule has 0 saturated carbocycles. The molecule has 0 aliphatic heterocycles. The topological polar surface area (TPSA) is 35.5 Å². The molecule has 0 fully saturated rings. The molecule has 0 heterocycles. The second kappa shape index (κ2) is 10.4. The van der Waals surface area contributed by atoms with Crippen LogP contribution >= 0.6 is 0 Å². The summed E-state index contributed by atoms with van der Waals surface area (Å²) in [7, 11) is -2.54. The number of carbonyl (C=O) groups excluding carboxylic acids is 1. The third kappa shape index (κ3) is 6.91. The van der Waals surface area contributed by atoms with E-state index in [4.69, 9.17) is 9.16 Å². The molecule has 0 aliphatic carbocycles. The van der Waals surface area contributed by atoms with Gasteiger partial charge in [-0.3, -0.25) is 0 Å². The van der Waals surface area contributed by atoms with Crippen molar-refractivity contribution in [2.75, 3.05) is 0 Å². The molecule has 1 atom stereocenters. The summed E-state index contributed by atoms with van der Waals surface area (Å²) in [6, 6.07) is 21.3. The Kier molecular flexibility index (Phi) is 8.44. The molecule has 0 bridgehead atoms. The van der Waals surface area contributed by atoms with E-state index in [1.165, 1.54) is 16.4 Å². The standard InChI is InChI=1S/C27H38O3Si/c1-22(16-14-15-21-25(28)29-26(2,3)4)30-31(27(5,6)7,23-17-10-8-11-18-23)24-19-12-9-13-20-24/h8-13,15,17-22H,14,16H2,1-7H3/b21-15+. The third-order valence-corrected chi connectivity index (χ3v) is 10.4. The summed E-state index contributed by atoms with van der Waals surface area (Å²) >= 11 is 0. The number of esters is 1. The van der Waals surface area contributed by atoms with Crippen molar-refractivity contribution in [3.8, 4) is 0 Å². The average Bonchev–Trinajstić information content (AvgIpc) is 2.68. The predicted molar refractivity (Wildman–Crippen MR) is 132 cm³/mol. The van der Waals surface area contributed by atoms with Gasteiger partial charge >= 0.3 is 5.97 Å². The Morgan fingerprint density at radius 1 is 0.903 bits per heavy atom. The third-order valence-electron chi connectivity index (χ3n) is 5.20. The zero-order chi connectivity index (χ0) is 23.1. The Balaban J connectivity index is 2.23. The molecular formula is C27H38O3Si. The monoisotopic (exact) mass is 438 g/mol. The molecule has 0 amide bonds. The minimum absolute atomic E-state index is 0.0453. The second-order valence-electron chi connectivity index (χ2n) is 10.1. The molecule has 4 heteroatoms. The predicted octanol–water partition coefficient (Wildman–Crippen LogP) is 5.63. The lowest BCUT2D eigenvalue weighted by molar-refractivity contribution is -0.148. The molecule has 168 valence electrons. The van der Waals surface area contributed by atoms with Gasteiger partial charge < -0.3 is 9.16 Å². The van der Waals surface area contributed by atoms with Gasteiger partial charge in [0.1, 0.15) is 5.60 Å². The molecule has 1 unspecified atom stereocenters. The van der Waals surface area contributed by atoms with E-state index in [2.05, 4.69) is 88.4 Å². The highest BCUT2D eigenvalue weighted by Crippen LogP contribution is 2.37. The number of carbonyl (C=O) groups is 1. The van der Waals surface area contributed by atoms with E-state index in [-0.39, 0.29) is 17.1 Å². The van der Waals surface area contributed by atoms with Crippen molar-refractivity contribution >= 4 is 24.7 Å². The van der Waals surface area contributed by atoms with Gasteiger partial charge in [0.15, 0.2) is 0 Å². The summed E-state index contributed by atoms with van der Waals surface area (Å²) in [5.41, 5.74) is -0.471. The fourth-order valence-electron chi connectivity index (χ4n) is 3.90. The lowest BCUT2D eigenvalue weighted by Gasteiger charge is -2.44. The fraction of sp³-hybridized carbons (Fsp3) is 0.444. The van der Waals surface area contributed by atoms with Gasteiger partial charge in [-0.05, 0) is 55.9 Å². The van der Waals surface area contributed by atoms with Crippen molar-refractivity contribution in [3.05, 3.63) is 72.8 Å². The van der Waals surface area contributed by atoms with Crippen LogP contribution in [0.25, 0.3) is 0 Å². The Hall–Kier alpha value is -2.17. The van der Waals surface area contributed by atoms with Crippen molar-refractivity contribution in [1.82, 2.24) is 0 Å². The van der Waals surface area contributed by atoms with Gasteiger partial charge in [-0.15, -0.1) is 0 Å². The fourth-order valence-corrected chi connectivity index (χ4v) is 8.63. The summed E-state index contributed by atoms with van der Waals surface area (Å²) in [5, 5.41) is 2.52. The summed E-state index contributed by atoms with van der Waals surface area (Å²) < 4.78 is 12.4. The minimum Gasteiger partial charge on any atom is -0.457 e. The van der Waals surface area contributed by atoms with Crippen LogP contribution in [0.5, 0.6) is 0 Å². The smallest absolute Gasteiger partial charge is 0.330 e. The molecule has 2 rings (SSSR count). The number of hydrogen-bond acceptors (Lipinski definition) is 3. The highest BCUT2D eigenvalue weighted by molar-refractivity contribution is 6.99. The van der Waals surface area contributed by atoms with Gasteiger partial charge in [-0.1, -0.05) is 87.5 Å². The van der Waals surface area contributed by atoms with Crippen LogP contribution in [0.15, 0.2) is 72.8 Å². The number of hydrogen-bond donors (Lipinski definition) is 0. The molecule has 0 saturated heterocycles. The van der Waals surface area contributed by atoms with Gasteiger partial charge in [0.2, 0.25) is 0 Å². The summed E-state index contributed by atoms with van der Waals surface area (Å²) in [5.74, 6) is -0.298. The van der Waals surface area contributed by atoms with Crippen LogP contribution in [0.1, 0.15) is 61.3 Å². The van der Waals surface area contributed by atoms with Crippen molar-refractivity contribution in [1.29, 1.82) is 0 Å². The molecule has 0 N–H and O–H groups in total. The van der Waals surface area contributed by atoms with E-state index < -0.39 is 13.9 Å². The summed E-state index contributed by atoms with van der Waals surface area (Å²) in [4.78, 5) is 11.9. The van der Waals surface area contributed by atoms with Gasteiger partial charge in [-0.25, -0.2) is 4.79 Å². The number of benzene rings is 2. The van der Waals surface area contributed by atoms with Gasteiger partial charge in [-0.2, -0.15) is 0 Å². The van der Waals surface area contributed by atoms with E-state index in [0.29, 0.717) is 0 Å². The quantitative estimate of drug-likeness (QED) is 0.304. The first-order chi connectivity index (χ1) is 14.5. The minimum atomic E-state index is -2.54. The number of allylic oxidation sites excluding steroid dienone is 1. The number of rotatable bonds is 8. The van der Waals surface area contributed by atoms with Crippen LogP contribution in [0, 0.1) is 0 Å². The van der Waals surface area contributed by atoms with Gasteiger partial charge in [0.05, 0.1) is 0 Å². The van der Waals surface area contributed by atoms with Crippen LogP contribution in [-0.4, -0.2) is 26.0 Å². The zero-order valence-corrected chi connectivity index (χ0v) is 21.1. The number of ether oxygens (including phenoxy) is 1. The Morgan fingerprint density at radius 3 is 1.81 bits per heavy atom. The summed E-state index contributed by atoms with van der Waals surface area (Å²) in [6.45, 7) is 14.6. The van der Waals surface area contributed by atoms with E-state index in [0.717, 1.165) is 12.8 Å². The van der Waals surface area contributed by atoms with Crippen LogP contribution in [-0.2, 0) is 14.0 Å². The maximum absolute atomic E-state index is 11.9. The molecule has 0 spiro atoms. The SMILES string of the molecule is CC(CC/C=C/C(=O)OC(C)(C)C)O[Si](c1ccccc1)(c1ccccc1)C(C)(C)C. The molecule has 31 heavy (non-hydrogen) atoms. The molecule has 0 radical (unpaired) electrons. The van der Waals surface area contributed by atoms with Gasteiger partial charge in [0.25, 0.3) is 8.32 Å². The molecule has 3 nitrogen and oxygen atoms in total. The Labute approximate surface area is 189 Å². The molecule has 2 aromatic rings. The Bertz CT molecular complexity index is 806. The highest BCUT2D eigenvalue weighted by Gasteiger charge is 2.50. The first kappa shape index (κ1) is 25.1. The Morgan fingerprint density at radius 2 is 1.39 bits per heavy atom. The molecule has 0 aliphatic rings. The first-order valence-corrected chi connectivity index (χ1v) is 13.0. The largest absolute Gasteiger partial charge is 0.457 e. The van der Waals surface area contributed by atoms with Crippen LogP contribution in [0.4, 0.5) is 0 Å². The summed E-state index contributed by atoms with van der Waals surface area (Å²) in [6.07, 6.45) is 5.07. The molecule has 0 aromatic heterocycles. The second-order valence-corrected chi connectivity index (χ2v) is 14.4. The van der Waals surface area contributed by atoms with E-state index >= 15 is 0 Å². The van der Waals surface area contributed by atoms with Crippen molar-refractivity contribution < 1.29 is 14.0 Å². The van der Waals surface area contributed by atoms with Crippen molar-refractivity contribution in [3.63, 3.8) is 0 Å². The lowest BCUT2D eigenvalue weighted by atomic mass is 10.2. The van der Waals surface area contributed by atoms with Crippen molar-refractivity contribution in [2.45, 2.75) is 78.1 Å².